The van der Waals surface area contributed by atoms with Crippen LogP contribution in [0.5, 0.6) is 0 Å². The van der Waals surface area contributed by atoms with Crippen LogP contribution in [0.4, 0.5) is 0 Å². The molecule has 5 heteroatoms. The van der Waals surface area contributed by atoms with Gasteiger partial charge in [0.1, 0.15) is 6.61 Å². The molecule has 0 aromatic carbocycles. The van der Waals surface area contributed by atoms with E-state index in [1.54, 1.807) is 0 Å². The van der Waals surface area contributed by atoms with Gasteiger partial charge in [0.05, 0.1) is 0 Å². The van der Waals surface area contributed by atoms with Crippen molar-refractivity contribution in [3.8, 4) is 0 Å². The molecule has 0 radical (unpaired) electrons. The van der Waals surface area contributed by atoms with Crippen LogP contribution < -0.4 is 0 Å². The van der Waals surface area contributed by atoms with Crippen LogP contribution in [0.25, 0.3) is 0 Å². The van der Waals surface area contributed by atoms with Gasteiger partial charge < -0.3 is 9.67 Å². The minimum absolute atomic E-state index is 0.0462. The highest BCUT2D eigenvalue weighted by Gasteiger charge is 2.22. The van der Waals surface area contributed by atoms with Gasteiger partial charge in [-0.2, -0.15) is 5.10 Å². The molecule has 2 rings (SSSR count). The summed E-state index contributed by atoms with van der Waals surface area (Å²) in [6.07, 6.45) is 3.83. The third kappa shape index (κ3) is 2.29. The zero-order chi connectivity index (χ0) is 10.8. The monoisotopic (exact) mass is 227 g/mol. The largest absolute Gasteiger partial charge is 0.388 e. The summed E-state index contributed by atoms with van der Waals surface area (Å²) in [5, 5.41) is 15.8. The molecule has 0 saturated heterocycles. The highest BCUT2D eigenvalue weighted by molar-refractivity contribution is 7.71. The van der Waals surface area contributed by atoms with Gasteiger partial charge in [0.2, 0.25) is 0 Å². The summed E-state index contributed by atoms with van der Waals surface area (Å²) in [4.78, 5) is 0. The van der Waals surface area contributed by atoms with Crippen LogP contribution in [-0.4, -0.2) is 19.9 Å². The van der Waals surface area contributed by atoms with Crippen LogP contribution in [-0.2, 0) is 13.2 Å². The molecule has 2 unspecified atom stereocenters. The Morgan fingerprint density at radius 1 is 1.60 bits per heavy atom. The average molecular weight is 227 g/mol. The van der Waals surface area contributed by atoms with E-state index in [2.05, 4.69) is 17.1 Å². The van der Waals surface area contributed by atoms with Gasteiger partial charge in [0.25, 0.3) is 0 Å². The third-order valence-corrected chi connectivity index (χ3v) is 3.53. The molecule has 0 spiro atoms. The highest BCUT2D eigenvalue weighted by atomic mass is 32.1. The van der Waals surface area contributed by atoms with Gasteiger partial charge in [-0.25, -0.2) is 0 Å². The fraction of sp³-hybridized carbons (Fsp3) is 0.800. The molecule has 1 aromatic rings. The van der Waals surface area contributed by atoms with E-state index in [1.165, 1.54) is 19.3 Å². The summed E-state index contributed by atoms with van der Waals surface area (Å²) in [6.45, 7) is 3.15. The van der Waals surface area contributed by atoms with Crippen molar-refractivity contribution in [3.63, 3.8) is 0 Å². The summed E-state index contributed by atoms with van der Waals surface area (Å²) < 4.78 is 2.55. The van der Waals surface area contributed by atoms with Crippen molar-refractivity contribution >= 4 is 12.2 Å². The minimum Gasteiger partial charge on any atom is -0.388 e. The highest BCUT2D eigenvalue weighted by Crippen LogP contribution is 2.31. The summed E-state index contributed by atoms with van der Waals surface area (Å²) in [7, 11) is 0. The Morgan fingerprint density at radius 3 is 3.00 bits per heavy atom. The maximum absolute atomic E-state index is 9.11. The lowest BCUT2D eigenvalue weighted by Gasteiger charge is -2.11. The standard InChI is InChI=1S/C10H17N3OS/c1-7-2-3-8(4-7)5-13-9(6-14)11-12-10(13)15/h7-8,14H,2-6H2,1H3,(H,12,15). The Morgan fingerprint density at radius 2 is 2.40 bits per heavy atom. The molecule has 1 heterocycles. The molecule has 4 nitrogen and oxygen atoms in total. The molecule has 1 aliphatic rings. The van der Waals surface area contributed by atoms with Gasteiger partial charge >= 0.3 is 0 Å². The fourth-order valence-corrected chi connectivity index (χ4v) is 2.63. The van der Waals surface area contributed by atoms with Crippen LogP contribution >= 0.6 is 12.2 Å². The van der Waals surface area contributed by atoms with E-state index in [1.807, 2.05) is 4.57 Å². The first kappa shape index (κ1) is 10.8. The number of aliphatic hydroxyl groups is 1. The number of nitrogens with one attached hydrogen (secondary N) is 1. The number of aliphatic hydroxyl groups excluding tert-OH is 1. The molecule has 0 aliphatic heterocycles. The maximum Gasteiger partial charge on any atom is 0.195 e. The van der Waals surface area contributed by atoms with Crippen molar-refractivity contribution in [2.75, 3.05) is 0 Å². The Balaban J connectivity index is 2.10. The Hall–Kier alpha value is -0.680. The van der Waals surface area contributed by atoms with Crippen LogP contribution in [0.15, 0.2) is 0 Å². The number of H-pyrrole nitrogens is 1. The van der Waals surface area contributed by atoms with Gasteiger partial charge in [-0.15, -0.1) is 0 Å². The van der Waals surface area contributed by atoms with Crippen molar-refractivity contribution in [3.05, 3.63) is 10.6 Å². The van der Waals surface area contributed by atoms with Crippen molar-refractivity contribution in [2.24, 2.45) is 11.8 Å². The molecule has 84 valence electrons. The molecule has 15 heavy (non-hydrogen) atoms. The molecular formula is C10H17N3OS. The molecule has 1 aromatic heterocycles. The van der Waals surface area contributed by atoms with Gasteiger partial charge in [-0.3, -0.25) is 5.10 Å². The van der Waals surface area contributed by atoms with Crippen molar-refractivity contribution < 1.29 is 5.11 Å². The van der Waals surface area contributed by atoms with E-state index in [9.17, 15) is 0 Å². The van der Waals surface area contributed by atoms with Gasteiger partial charge in [-0.1, -0.05) is 13.3 Å². The first-order valence-electron chi connectivity index (χ1n) is 5.45. The molecule has 2 atom stereocenters. The second-order valence-corrected chi connectivity index (χ2v) is 4.88. The van der Waals surface area contributed by atoms with Crippen LogP contribution in [0, 0.1) is 16.6 Å². The zero-order valence-electron chi connectivity index (χ0n) is 8.94. The number of hydrogen-bond donors (Lipinski definition) is 2. The molecular weight excluding hydrogens is 210 g/mol. The van der Waals surface area contributed by atoms with E-state index in [0.717, 1.165) is 12.5 Å². The minimum atomic E-state index is -0.0462. The SMILES string of the molecule is CC1CCC(Cn2c(CO)n[nH]c2=S)C1. The lowest BCUT2D eigenvalue weighted by molar-refractivity contribution is 0.260. The molecule has 0 bridgehead atoms. The zero-order valence-corrected chi connectivity index (χ0v) is 9.76. The van der Waals surface area contributed by atoms with Crippen molar-refractivity contribution in [2.45, 2.75) is 39.3 Å². The van der Waals surface area contributed by atoms with Crippen LogP contribution in [0.2, 0.25) is 0 Å². The Kier molecular flexibility index (Phi) is 3.21. The predicted octanol–water partition coefficient (Wildman–Crippen LogP) is 1.87. The summed E-state index contributed by atoms with van der Waals surface area (Å²) in [5.74, 6) is 2.17. The maximum atomic E-state index is 9.11. The van der Waals surface area contributed by atoms with E-state index in [0.29, 0.717) is 16.5 Å². The molecule has 0 amide bonds. The van der Waals surface area contributed by atoms with Crippen LogP contribution in [0.3, 0.4) is 0 Å². The summed E-state index contributed by atoms with van der Waals surface area (Å²) >= 11 is 5.14. The lowest BCUT2D eigenvalue weighted by atomic mass is 10.1. The normalized spacial score (nSPS) is 26.0. The molecule has 2 N–H and O–H groups in total. The van der Waals surface area contributed by atoms with Gasteiger partial charge in [-0.05, 0) is 36.9 Å². The van der Waals surface area contributed by atoms with Crippen molar-refractivity contribution in [1.29, 1.82) is 0 Å². The Bertz CT molecular complexity index is 384. The second kappa shape index (κ2) is 4.45. The number of aromatic nitrogens is 3. The first-order chi connectivity index (χ1) is 7.20. The lowest BCUT2D eigenvalue weighted by Crippen LogP contribution is -2.11. The third-order valence-electron chi connectivity index (χ3n) is 3.22. The van der Waals surface area contributed by atoms with E-state index >= 15 is 0 Å². The quantitative estimate of drug-likeness (QED) is 0.775. The predicted molar refractivity (Wildman–Crippen MR) is 59.8 cm³/mol. The Labute approximate surface area is 94.3 Å². The number of rotatable bonds is 3. The smallest absolute Gasteiger partial charge is 0.195 e. The van der Waals surface area contributed by atoms with E-state index in [4.69, 9.17) is 17.3 Å². The molecule has 1 saturated carbocycles. The number of aromatic amines is 1. The van der Waals surface area contributed by atoms with E-state index in [-0.39, 0.29) is 6.61 Å². The van der Waals surface area contributed by atoms with E-state index < -0.39 is 0 Å². The topological polar surface area (TPSA) is 53.8 Å². The van der Waals surface area contributed by atoms with Gasteiger partial charge in [0.15, 0.2) is 10.6 Å². The molecule has 1 aliphatic carbocycles. The van der Waals surface area contributed by atoms with Crippen molar-refractivity contribution in [1.82, 2.24) is 14.8 Å². The summed E-state index contributed by atoms with van der Waals surface area (Å²) in [5.41, 5.74) is 0. The number of nitrogens with zero attached hydrogens (tertiary/aromatic N) is 2. The molecule has 1 fully saturated rings. The van der Waals surface area contributed by atoms with Gasteiger partial charge in [0, 0.05) is 6.54 Å². The first-order valence-corrected chi connectivity index (χ1v) is 5.86. The number of hydrogen-bond acceptors (Lipinski definition) is 3. The second-order valence-electron chi connectivity index (χ2n) is 4.50. The summed E-state index contributed by atoms with van der Waals surface area (Å²) in [6, 6.07) is 0. The average Bonchev–Trinajstić information content (AvgIpc) is 2.76. The fourth-order valence-electron chi connectivity index (χ4n) is 2.41. The van der Waals surface area contributed by atoms with Crippen LogP contribution in [0.1, 0.15) is 32.0 Å².